The number of rotatable bonds is 5. The van der Waals surface area contributed by atoms with Gasteiger partial charge in [0.25, 0.3) is 5.91 Å². The molecule has 6 heteroatoms. The first kappa shape index (κ1) is 16.8. The van der Waals surface area contributed by atoms with Crippen molar-refractivity contribution in [3.63, 3.8) is 0 Å². The lowest BCUT2D eigenvalue weighted by Gasteiger charge is -2.15. The molecule has 0 aliphatic rings. The summed E-state index contributed by atoms with van der Waals surface area (Å²) in [6, 6.07) is 13.5. The number of esters is 1. The van der Waals surface area contributed by atoms with Crippen molar-refractivity contribution in [2.24, 2.45) is 0 Å². The number of para-hydroxylation sites is 1. The van der Waals surface area contributed by atoms with Crippen LogP contribution in [-0.2, 0) is 9.53 Å². The molecule has 2 aromatic carbocycles. The van der Waals surface area contributed by atoms with E-state index in [1.807, 2.05) is 6.07 Å². The molecule has 0 aliphatic heterocycles. The maximum Gasteiger partial charge on any atom is 0.342 e. The molecule has 23 heavy (non-hydrogen) atoms. The third-order valence-corrected chi connectivity index (χ3v) is 3.31. The third kappa shape index (κ3) is 4.47. The number of nitrogens with one attached hydrogen (secondary N) is 1. The minimum absolute atomic E-state index is 0.166. The van der Waals surface area contributed by atoms with E-state index in [-0.39, 0.29) is 5.56 Å². The average Bonchev–Trinajstić information content (AvgIpc) is 2.55. The lowest BCUT2D eigenvalue weighted by atomic mass is 10.2. The number of anilines is 1. The zero-order chi connectivity index (χ0) is 16.8. The fourth-order valence-electron chi connectivity index (χ4n) is 1.88. The van der Waals surface area contributed by atoms with Gasteiger partial charge >= 0.3 is 5.97 Å². The van der Waals surface area contributed by atoms with Crippen molar-refractivity contribution in [3.8, 4) is 5.75 Å². The van der Waals surface area contributed by atoms with Crippen molar-refractivity contribution in [1.29, 1.82) is 0 Å². The summed E-state index contributed by atoms with van der Waals surface area (Å²) < 4.78 is 10.3. The zero-order valence-corrected chi connectivity index (χ0v) is 13.5. The predicted octanol–water partition coefficient (Wildman–Crippen LogP) is 3.53. The van der Waals surface area contributed by atoms with Crippen LogP contribution in [0.2, 0.25) is 5.02 Å². The lowest BCUT2D eigenvalue weighted by molar-refractivity contribution is -0.123. The monoisotopic (exact) mass is 333 g/mol. The fourth-order valence-corrected chi connectivity index (χ4v) is 2.05. The van der Waals surface area contributed by atoms with Gasteiger partial charge in [0.2, 0.25) is 0 Å². The van der Waals surface area contributed by atoms with E-state index < -0.39 is 18.0 Å². The van der Waals surface area contributed by atoms with Gasteiger partial charge in [-0.2, -0.15) is 0 Å². The number of methoxy groups -OCH3 is 1. The van der Waals surface area contributed by atoms with Crippen molar-refractivity contribution in [2.45, 2.75) is 13.0 Å². The minimum atomic E-state index is -0.966. The SMILES string of the molecule is COc1ccc(Cl)cc1C(=O)O[C@@H](C)C(=O)Nc1ccccc1. The first-order valence-corrected chi connectivity index (χ1v) is 7.29. The maximum atomic E-state index is 12.2. The normalized spacial score (nSPS) is 11.4. The minimum Gasteiger partial charge on any atom is -0.496 e. The van der Waals surface area contributed by atoms with Crippen LogP contribution >= 0.6 is 11.6 Å². The molecule has 1 atom stereocenters. The summed E-state index contributed by atoms with van der Waals surface area (Å²) in [5.41, 5.74) is 0.792. The van der Waals surface area contributed by atoms with Crippen molar-refractivity contribution in [2.75, 3.05) is 12.4 Å². The highest BCUT2D eigenvalue weighted by molar-refractivity contribution is 6.31. The second kappa shape index (κ2) is 7.65. The number of benzene rings is 2. The van der Waals surface area contributed by atoms with Gasteiger partial charge < -0.3 is 14.8 Å². The summed E-state index contributed by atoms with van der Waals surface area (Å²) in [6.45, 7) is 1.49. The van der Waals surface area contributed by atoms with Crippen LogP contribution in [0.1, 0.15) is 17.3 Å². The molecule has 0 radical (unpaired) electrons. The highest BCUT2D eigenvalue weighted by Gasteiger charge is 2.21. The number of amides is 1. The molecule has 0 spiro atoms. The Morgan fingerprint density at radius 1 is 1.13 bits per heavy atom. The van der Waals surface area contributed by atoms with E-state index in [0.717, 1.165) is 0 Å². The molecule has 5 nitrogen and oxygen atoms in total. The first-order valence-electron chi connectivity index (χ1n) is 6.91. The molecular formula is C17H16ClNO4. The van der Waals surface area contributed by atoms with E-state index in [4.69, 9.17) is 21.1 Å². The van der Waals surface area contributed by atoms with Crippen LogP contribution < -0.4 is 10.1 Å². The Morgan fingerprint density at radius 2 is 1.83 bits per heavy atom. The van der Waals surface area contributed by atoms with Crippen LogP contribution in [0.3, 0.4) is 0 Å². The summed E-state index contributed by atoms with van der Waals surface area (Å²) in [4.78, 5) is 24.3. The molecule has 2 rings (SSSR count). The number of halogens is 1. The van der Waals surface area contributed by atoms with E-state index in [1.54, 1.807) is 36.4 Å². The molecule has 1 amide bonds. The Labute approximate surface area is 139 Å². The molecule has 120 valence electrons. The molecule has 0 unspecified atom stereocenters. The lowest BCUT2D eigenvalue weighted by Crippen LogP contribution is -2.30. The van der Waals surface area contributed by atoms with Gasteiger partial charge in [0, 0.05) is 10.7 Å². The topological polar surface area (TPSA) is 64.6 Å². The van der Waals surface area contributed by atoms with Crippen LogP contribution in [0, 0.1) is 0 Å². The largest absolute Gasteiger partial charge is 0.496 e. The summed E-state index contributed by atoms with van der Waals surface area (Å²) in [6.07, 6.45) is -0.966. The van der Waals surface area contributed by atoms with Crippen LogP contribution in [0.5, 0.6) is 5.75 Å². The van der Waals surface area contributed by atoms with Gasteiger partial charge in [-0.1, -0.05) is 29.8 Å². The van der Waals surface area contributed by atoms with E-state index in [1.165, 1.54) is 20.1 Å². The summed E-state index contributed by atoms with van der Waals surface area (Å²) in [5.74, 6) is -0.777. The summed E-state index contributed by atoms with van der Waals surface area (Å²) >= 11 is 5.88. The summed E-state index contributed by atoms with van der Waals surface area (Å²) in [7, 11) is 1.44. The highest BCUT2D eigenvalue weighted by atomic mass is 35.5. The molecule has 0 aliphatic carbocycles. The number of ether oxygens (including phenoxy) is 2. The predicted molar refractivity (Wildman–Crippen MR) is 88.0 cm³/mol. The van der Waals surface area contributed by atoms with Crippen LogP contribution in [0.25, 0.3) is 0 Å². The van der Waals surface area contributed by atoms with E-state index in [9.17, 15) is 9.59 Å². The molecule has 2 aromatic rings. The third-order valence-electron chi connectivity index (χ3n) is 3.08. The van der Waals surface area contributed by atoms with Crippen molar-refractivity contribution in [3.05, 3.63) is 59.1 Å². The second-order valence-electron chi connectivity index (χ2n) is 4.75. The first-order chi connectivity index (χ1) is 11.0. The molecule has 0 fully saturated rings. The Balaban J connectivity index is 2.05. The fraction of sp³-hybridized carbons (Fsp3) is 0.176. The van der Waals surface area contributed by atoms with Crippen molar-refractivity contribution in [1.82, 2.24) is 0 Å². The second-order valence-corrected chi connectivity index (χ2v) is 5.18. The quantitative estimate of drug-likeness (QED) is 0.850. The molecule has 1 N–H and O–H groups in total. The van der Waals surface area contributed by atoms with E-state index in [2.05, 4.69) is 5.32 Å². The highest BCUT2D eigenvalue weighted by Crippen LogP contribution is 2.23. The molecule has 0 saturated heterocycles. The average molecular weight is 334 g/mol. The molecule has 0 bridgehead atoms. The number of carbonyl (C=O) groups excluding carboxylic acids is 2. The van der Waals surface area contributed by atoms with Gasteiger partial charge in [-0.3, -0.25) is 4.79 Å². The van der Waals surface area contributed by atoms with E-state index in [0.29, 0.717) is 16.5 Å². The Hall–Kier alpha value is -2.53. The smallest absolute Gasteiger partial charge is 0.342 e. The van der Waals surface area contributed by atoms with Crippen molar-refractivity contribution >= 4 is 29.2 Å². The van der Waals surface area contributed by atoms with Crippen molar-refractivity contribution < 1.29 is 19.1 Å². The number of carbonyl (C=O) groups is 2. The summed E-state index contributed by atoms with van der Waals surface area (Å²) in [5, 5.41) is 3.04. The van der Waals surface area contributed by atoms with Crippen LogP contribution in [0.4, 0.5) is 5.69 Å². The van der Waals surface area contributed by atoms with E-state index >= 15 is 0 Å². The number of hydrogen-bond acceptors (Lipinski definition) is 4. The van der Waals surface area contributed by atoms with Gasteiger partial charge in [0.05, 0.1) is 7.11 Å². The maximum absolute atomic E-state index is 12.2. The van der Waals surface area contributed by atoms with Crippen LogP contribution in [0.15, 0.2) is 48.5 Å². The molecule has 0 saturated carbocycles. The van der Waals surface area contributed by atoms with Gasteiger partial charge in [0.15, 0.2) is 6.10 Å². The molecule has 0 heterocycles. The zero-order valence-electron chi connectivity index (χ0n) is 12.7. The Morgan fingerprint density at radius 3 is 2.48 bits per heavy atom. The van der Waals surface area contributed by atoms with Gasteiger partial charge in [0.1, 0.15) is 11.3 Å². The Kier molecular flexibility index (Phi) is 5.60. The number of hydrogen-bond donors (Lipinski definition) is 1. The van der Waals surface area contributed by atoms with Gasteiger partial charge in [-0.15, -0.1) is 0 Å². The van der Waals surface area contributed by atoms with Gasteiger partial charge in [-0.25, -0.2) is 4.79 Å². The Bertz CT molecular complexity index is 703. The standard InChI is InChI=1S/C17H16ClNO4/c1-11(16(20)19-13-6-4-3-5-7-13)23-17(21)14-10-12(18)8-9-15(14)22-2/h3-11H,1-2H3,(H,19,20)/t11-/m0/s1. The molecular weight excluding hydrogens is 318 g/mol. The van der Waals surface area contributed by atoms with Crippen LogP contribution in [-0.4, -0.2) is 25.1 Å². The molecule has 0 aromatic heterocycles. The van der Waals surface area contributed by atoms with Gasteiger partial charge in [-0.05, 0) is 37.3 Å².